The van der Waals surface area contributed by atoms with Crippen LogP contribution in [0.3, 0.4) is 0 Å². The second kappa shape index (κ2) is 7.45. The van der Waals surface area contributed by atoms with Gasteiger partial charge in [-0.1, -0.05) is 18.2 Å². The Labute approximate surface area is 123 Å². The molecule has 0 fully saturated rings. The molecule has 4 heteroatoms. The van der Waals surface area contributed by atoms with Gasteiger partial charge in [0.25, 0.3) is 0 Å². The van der Waals surface area contributed by atoms with Crippen molar-refractivity contribution in [3.63, 3.8) is 0 Å². The molecule has 110 valence electrons. The summed E-state index contributed by atoms with van der Waals surface area (Å²) in [5, 5.41) is 9.81. The first-order valence-electron chi connectivity index (χ1n) is 6.75. The minimum Gasteiger partial charge on any atom is -0.491 e. The maximum atomic E-state index is 11.1. The molecule has 0 saturated carbocycles. The van der Waals surface area contributed by atoms with Crippen molar-refractivity contribution >= 4 is 5.78 Å². The van der Waals surface area contributed by atoms with E-state index in [4.69, 9.17) is 9.47 Å². The summed E-state index contributed by atoms with van der Waals surface area (Å²) in [7, 11) is 0. The van der Waals surface area contributed by atoms with Gasteiger partial charge in [-0.15, -0.1) is 0 Å². The molecule has 0 heterocycles. The molecule has 0 amide bonds. The second-order valence-electron chi connectivity index (χ2n) is 4.67. The third kappa shape index (κ3) is 4.93. The van der Waals surface area contributed by atoms with Gasteiger partial charge in [0.15, 0.2) is 5.78 Å². The highest BCUT2D eigenvalue weighted by molar-refractivity contribution is 5.94. The summed E-state index contributed by atoms with van der Waals surface area (Å²) in [6, 6.07) is 16.1. The topological polar surface area (TPSA) is 55.8 Å². The maximum Gasteiger partial charge on any atom is 0.159 e. The molecule has 4 nitrogen and oxygen atoms in total. The molecule has 0 spiro atoms. The highest BCUT2D eigenvalue weighted by atomic mass is 16.5. The van der Waals surface area contributed by atoms with E-state index in [0.29, 0.717) is 17.1 Å². The van der Waals surface area contributed by atoms with Crippen LogP contribution in [0.1, 0.15) is 17.3 Å². The van der Waals surface area contributed by atoms with E-state index < -0.39 is 6.10 Å². The number of ketones is 1. The van der Waals surface area contributed by atoms with Crippen molar-refractivity contribution in [2.24, 2.45) is 0 Å². The zero-order valence-electron chi connectivity index (χ0n) is 11.9. The SMILES string of the molecule is CC(=O)c1ccc(OCC(O)COc2ccccc2)cc1. The van der Waals surface area contributed by atoms with Crippen LogP contribution in [0.4, 0.5) is 0 Å². The number of para-hydroxylation sites is 1. The quantitative estimate of drug-likeness (QED) is 0.795. The predicted octanol–water partition coefficient (Wildman–Crippen LogP) is 2.71. The van der Waals surface area contributed by atoms with Crippen molar-refractivity contribution in [1.82, 2.24) is 0 Å². The molecule has 0 aliphatic heterocycles. The fraction of sp³-hybridized carbons (Fsp3) is 0.235. The van der Waals surface area contributed by atoms with Crippen LogP contribution in [0.25, 0.3) is 0 Å². The molecular formula is C17H18O4. The molecule has 0 aliphatic rings. The van der Waals surface area contributed by atoms with E-state index in [1.807, 2.05) is 30.3 Å². The molecule has 2 rings (SSSR count). The molecule has 0 aromatic heterocycles. The maximum absolute atomic E-state index is 11.1. The third-order valence-electron chi connectivity index (χ3n) is 2.89. The number of hydrogen-bond donors (Lipinski definition) is 1. The minimum absolute atomic E-state index is 0.0119. The predicted molar refractivity (Wildman–Crippen MR) is 79.9 cm³/mol. The normalized spacial score (nSPS) is 11.7. The van der Waals surface area contributed by atoms with E-state index in [1.54, 1.807) is 24.3 Å². The number of aliphatic hydroxyl groups excluding tert-OH is 1. The molecule has 1 N–H and O–H groups in total. The highest BCUT2D eigenvalue weighted by Gasteiger charge is 2.07. The van der Waals surface area contributed by atoms with E-state index in [9.17, 15) is 9.90 Å². The lowest BCUT2D eigenvalue weighted by Gasteiger charge is -2.13. The second-order valence-corrected chi connectivity index (χ2v) is 4.67. The molecule has 1 atom stereocenters. The van der Waals surface area contributed by atoms with Gasteiger partial charge in [0.2, 0.25) is 0 Å². The monoisotopic (exact) mass is 286 g/mol. The van der Waals surface area contributed by atoms with Crippen LogP contribution in [-0.4, -0.2) is 30.2 Å². The zero-order valence-corrected chi connectivity index (χ0v) is 11.9. The van der Waals surface area contributed by atoms with E-state index >= 15 is 0 Å². The Balaban J connectivity index is 1.75. The smallest absolute Gasteiger partial charge is 0.159 e. The summed E-state index contributed by atoms with van der Waals surface area (Å²) >= 11 is 0. The number of carbonyl (C=O) groups is 1. The van der Waals surface area contributed by atoms with Gasteiger partial charge < -0.3 is 14.6 Å². The molecule has 2 aromatic rings. The summed E-state index contributed by atoms with van der Waals surface area (Å²) < 4.78 is 10.9. The molecule has 2 aromatic carbocycles. The number of ether oxygens (including phenoxy) is 2. The lowest BCUT2D eigenvalue weighted by molar-refractivity contribution is 0.0626. The van der Waals surface area contributed by atoms with Gasteiger partial charge in [-0.25, -0.2) is 0 Å². The molecule has 0 saturated heterocycles. The van der Waals surface area contributed by atoms with Crippen molar-refractivity contribution in [1.29, 1.82) is 0 Å². The van der Waals surface area contributed by atoms with Gasteiger partial charge in [-0.3, -0.25) is 4.79 Å². The van der Waals surface area contributed by atoms with Gasteiger partial charge in [0.1, 0.15) is 30.8 Å². The Bertz CT molecular complexity index is 563. The van der Waals surface area contributed by atoms with Crippen LogP contribution in [0, 0.1) is 0 Å². The largest absolute Gasteiger partial charge is 0.491 e. The Morgan fingerprint density at radius 1 is 0.952 bits per heavy atom. The minimum atomic E-state index is -0.724. The van der Waals surface area contributed by atoms with Gasteiger partial charge in [0, 0.05) is 5.56 Å². The number of rotatable bonds is 7. The van der Waals surface area contributed by atoms with Crippen molar-refractivity contribution in [3.8, 4) is 11.5 Å². The molecular weight excluding hydrogens is 268 g/mol. The van der Waals surface area contributed by atoms with Crippen molar-refractivity contribution in [3.05, 3.63) is 60.2 Å². The fourth-order valence-electron chi connectivity index (χ4n) is 1.74. The van der Waals surface area contributed by atoms with Crippen LogP contribution in [0.2, 0.25) is 0 Å². The van der Waals surface area contributed by atoms with E-state index in [1.165, 1.54) is 6.92 Å². The standard InChI is InChI=1S/C17H18O4/c1-13(18)14-7-9-17(10-8-14)21-12-15(19)11-20-16-5-3-2-4-6-16/h2-10,15,19H,11-12H2,1H3. The van der Waals surface area contributed by atoms with Crippen LogP contribution in [0.5, 0.6) is 11.5 Å². The summed E-state index contributed by atoms with van der Waals surface area (Å²) in [4.78, 5) is 11.1. The van der Waals surface area contributed by atoms with Crippen LogP contribution < -0.4 is 9.47 Å². The van der Waals surface area contributed by atoms with Crippen LogP contribution in [-0.2, 0) is 0 Å². The summed E-state index contributed by atoms with van der Waals surface area (Å²) in [5.41, 5.74) is 0.635. The highest BCUT2D eigenvalue weighted by Crippen LogP contribution is 2.13. The first kappa shape index (κ1) is 15.1. The number of benzene rings is 2. The summed E-state index contributed by atoms with van der Waals surface area (Å²) in [6.45, 7) is 1.81. The van der Waals surface area contributed by atoms with Gasteiger partial charge >= 0.3 is 0 Å². The Kier molecular flexibility index (Phi) is 5.35. The average molecular weight is 286 g/mol. The van der Waals surface area contributed by atoms with E-state index in [-0.39, 0.29) is 19.0 Å². The first-order valence-corrected chi connectivity index (χ1v) is 6.75. The third-order valence-corrected chi connectivity index (χ3v) is 2.89. The van der Waals surface area contributed by atoms with E-state index in [2.05, 4.69) is 0 Å². The Morgan fingerprint density at radius 2 is 1.48 bits per heavy atom. The van der Waals surface area contributed by atoms with Gasteiger partial charge in [-0.05, 0) is 43.3 Å². The van der Waals surface area contributed by atoms with Crippen molar-refractivity contribution < 1.29 is 19.4 Å². The van der Waals surface area contributed by atoms with Crippen LogP contribution in [0.15, 0.2) is 54.6 Å². The zero-order chi connectivity index (χ0) is 15.1. The molecule has 21 heavy (non-hydrogen) atoms. The van der Waals surface area contributed by atoms with Gasteiger partial charge in [-0.2, -0.15) is 0 Å². The van der Waals surface area contributed by atoms with Crippen LogP contribution >= 0.6 is 0 Å². The molecule has 0 aliphatic carbocycles. The lowest BCUT2D eigenvalue weighted by Crippen LogP contribution is -2.25. The van der Waals surface area contributed by atoms with Crippen molar-refractivity contribution in [2.45, 2.75) is 13.0 Å². The molecule has 1 unspecified atom stereocenters. The Hall–Kier alpha value is -2.33. The first-order chi connectivity index (χ1) is 10.1. The van der Waals surface area contributed by atoms with E-state index in [0.717, 1.165) is 0 Å². The number of carbonyl (C=O) groups excluding carboxylic acids is 1. The summed E-state index contributed by atoms with van der Waals surface area (Å²) in [5.74, 6) is 1.33. The Morgan fingerprint density at radius 3 is 2.00 bits per heavy atom. The summed E-state index contributed by atoms with van der Waals surface area (Å²) in [6.07, 6.45) is -0.724. The molecule has 0 radical (unpaired) electrons. The average Bonchev–Trinajstić information content (AvgIpc) is 2.52. The van der Waals surface area contributed by atoms with Crippen molar-refractivity contribution in [2.75, 3.05) is 13.2 Å². The fourth-order valence-corrected chi connectivity index (χ4v) is 1.74. The number of aliphatic hydroxyl groups is 1. The molecule has 0 bridgehead atoms. The number of hydrogen-bond acceptors (Lipinski definition) is 4. The lowest BCUT2D eigenvalue weighted by atomic mass is 10.1. The number of Topliss-reactive ketones (excluding diaryl/α,β-unsaturated/α-hetero) is 1. The van der Waals surface area contributed by atoms with Gasteiger partial charge in [0.05, 0.1) is 0 Å².